The van der Waals surface area contributed by atoms with Crippen molar-refractivity contribution in [1.82, 2.24) is 5.32 Å². The summed E-state index contributed by atoms with van der Waals surface area (Å²) < 4.78 is 5.83. The van der Waals surface area contributed by atoms with Crippen molar-refractivity contribution in [2.75, 3.05) is 19.7 Å². The van der Waals surface area contributed by atoms with Crippen LogP contribution in [0.15, 0.2) is 0 Å². The Bertz CT molecular complexity index is 105. The molecule has 11 heavy (non-hydrogen) atoms. The second-order valence-electron chi connectivity index (χ2n) is 3.82. The van der Waals surface area contributed by atoms with Gasteiger partial charge in [0.2, 0.25) is 0 Å². The molecule has 1 N–H and O–H groups in total. The summed E-state index contributed by atoms with van der Waals surface area (Å²) in [6, 6.07) is 1.33. The van der Waals surface area contributed by atoms with Crippen LogP contribution in [-0.2, 0) is 4.43 Å². The fourth-order valence-corrected chi connectivity index (χ4v) is 3.30. The molecule has 0 aromatic rings. The van der Waals surface area contributed by atoms with Crippen LogP contribution in [0.4, 0.5) is 0 Å². The summed E-state index contributed by atoms with van der Waals surface area (Å²) in [5, 5.41) is 3.36. The monoisotopic (exact) mass is 173 g/mol. The first-order chi connectivity index (χ1) is 5.21. The minimum absolute atomic E-state index is 0.916. The normalized spacial score (nSPS) is 26.7. The summed E-state index contributed by atoms with van der Waals surface area (Å²) in [5.41, 5.74) is 0. The lowest BCUT2D eigenvalue weighted by molar-refractivity contribution is 0.308. The molecule has 1 heterocycles. The molecule has 0 atom stereocenters. The lowest BCUT2D eigenvalue weighted by Gasteiger charge is -2.21. The minimum Gasteiger partial charge on any atom is -0.416 e. The molecule has 2 nitrogen and oxygen atoms in total. The van der Waals surface area contributed by atoms with Gasteiger partial charge in [-0.05, 0) is 32.1 Å². The molecular formula is C8H19NOSi. The second kappa shape index (κ2) is 4.23. The van der Waals surface area contributed by atoms with Gasteiger partial charge in [-0.3, -0.25) is 0 Å². The van der Waals surface area contributed by atoms with Crippen molar-refractivity contribution in [2.45, 2.75) is 32.0 Å². The molecule has 3 heteroatoms. The van der Waals surface area contributed by atoms with E-state index in [-0.39, 0.29) is 0 Å². The van der Waals surface area contributed by atoms with Crippen LogP contribution in [0.2, 0.25) is 19.1 Å². The minimum atomic E-state index is -1.25. The standard InChI is InChI=1S/C8H19NOSi/c1-11(2)8-4-3-5-9-6-7-10-11/h9H,3-8H2,1-2H3. The summed E-state index contributed by atoms with van der Waals surface area (Å²) in [5.74, 6) is 0. The third-order valence-corrected chi connectivity index (χ3v) is 4.70. The van der Waals surface area contributed by atoms with E-state index in [2.05, 4.69) is 18.4 Å². The van der Waals surface area contributed by atoms with Gasteiger partial charge in [0.1, 0.15) is 0 Å². The Morgan fingerprint density at radius 1 is 1.18 bits per heavy atom. The zero-order valence-corrected chi connectivity index (χ0v) is 8.65. The summed E-state index contributed by atoms with van der Waals surface area (Å²) in [7, 11) is -1.25. The van der Waals surface area contributed by atoms with Gasteiger partial charge < -0.3 is 9.74 Å². The Morgan fingerprint density at radius 2 is 2.00 bits per heavy atom. The summed E-state index contributed by atoms with van der Waals surface area (Å²) >= 11 is 0. The van der Waals surface area contributed by atoms with E-state index >= 15 is 0 Å². The first kappa shape index (κ1) is 9.23. The van der Waals surface area contributed by atoms with E-state index < -0.39 is 8.32 Å². The average molecular weight is 173 g/mol. The van der Waals surface area contributed by atoms with Crippen LogP contribution >= 0.6 is 0 Å². The van der Waals surface area contributed by atoms with Gasteiger partial charge in [-0.2, -0.15) is 0 Å². The van der Waals surface area contributed by atoms with Gasteiger partial charge in [-0.15, -0.1) is 0 Å². The van der Waals surface area contributed by atoms with Crippen LogP contribution < -0.4 is 5.32 Å². The van der Waals surface area contributed by atoms with Gasteiger partial charge in [-0.25, -0.2) is 0 Å². The van der Waals surface area contributed by atoms with Crippen molar-refractivity contribution < 1.29 is 4.43 Å². The number of nitrogens with one attached hydrogen (secondary N) is 1. The van der Waals surface area contributed by atoms with Gasteiger partial charge in [-0.1, -0.05) is 6.42 Å². The van der Waals surface area contributed by atoms with E-state index in [1.54, 1.807) is 0 Å². The lowest BCUT2D eigenvalue weighted by atomic mass is 10.3. The van der Waals surface area contributed by atoms with Crippen molar-refractivity contribution in [2.24, 2.45) is 0 Å². The topological polar surface area (TPSA) is 21.3 Å². The molecule has 0 unspecified atom stereocenters. The van der Waals surface area contributed by atoms with E-state index in [0.717, 1.165) is 13.2 Å². The maximum atomic E-state index is 5.83. The Kier molecular flexibility index (Phi) is 3.55. The van der Waals surface area contributed by atoms with Crippen molar-refractivity contribution >= 4 is 8.32 Å². The second-order valence-corrected chi connectivity index (χ2v) is 8.12. The van der Waals surface area contributed by atoms with Gasteiger partial charge >= 0.3 is 0 Å². The number of hydrogen-bond donors (Lipinski definition) is 1. The van der Waals surface area contributed by atoms with Gasteiger partial charge in [0.05, 0.1) is 0 Å². The van der Waals surface area contributed by atoms with Gasteiger partial charge in [0, 0.05) is 13.2 Å². The molecule has 1 rings (SSSR count). The third kappa shape index (κ3) is 3.89. The molecular weight excluding hydrogens is 154 g/mol. The zero-order chi connectivity index (χ0) is 8.16. The third-order valence-electron chi connectivity index (χ3n) is 2.15. The fourth-order valence-electron chi connectivity index (χ4n) is 1.40. The van der Waals surface area contributed by atoms with Crippen molar-refractivity contribution in [3.63, 3.8) is 0 Å². The summed E-state index contributed by atoms with van der Waals surface area (Å²) in [4.78, 5) is 0. The summed E-state index contributed by atoms with van der Waals surface area (Å²) in [6.45, 7) is 7.76. The summed E-state index contributed by atoms with van der Waals surface area (Å²) in [6.07, 6.45) is 2.66. The average Bonchev–Trinajstić information content (AvgIpc) is 2.00. The van der Waals surface area contributed by atoms with E-state index in [9.17, 15) is 0 Å². The van der Waals surface area contributed by atoms with Crippen molar-refractivity contribution in [3.8, 4) is 0 Å². The molecule has 1 aliphatic rings. The van der Waals surface area contributed by atoms with Crippen molar-refractivity contribution in [1.29, 1.82) is 0 Å². The Balaban J connectivity index is 2.31. The number of hydrogen-bond acceptors (Lipinski definition) is 2. The van der Waals surface area contributed by atoms with E-state index in [0.29, 0.717) is 0 Å². The Labute approximate surface area is 70.5 Å². The van der Waals surface area contributed by atoms with Crippen LogP contribution in [0.5, 0.6) is 0 Å². The van der Waals surface area contributed by atoms with Crippen molar-refractivity contribution in [3.05, 3.63) is 0 Å². The largest absolute Gasteiger partial charge is 0.416 e. The molecule has 0 bridgehead atoms. The van der Waals surface area contributed by atoms with Crippen LogP contribution in [0.25, 0.3) is 0 Å². The highest BCUT2D eigenvalue weighted by molar-refractivity contribution is 6.71. The van der Waals surface area contributed by atoms with E-state index in [1.165, 1.54) is 25.4 Å². The first-order valence-electron chi connectivity index (χ1n) is 4.55. The fraction of sp³-hybridized carbons (Fsp3) is 1.00. The Hall–Kier alpha value is 0.137. The molecule has 0 saturated carbocycles. The molecule has 66 valence electrons. The zero-order valence-electron chi connectivity index (χ0n) is 7.65. The quantitative estimate of drug-likeness (QED) is 0.562. The highest BCUT2D eigenvalue weighted by atomic mass is 28.4. The molecule has 1 saturated heterocycles. The lowest BCUT2D eigenvalue weighted by Crippen LogP contribution is -2.32. The van der Waals surface area contributed by atoms with E-state index in [4.69, 9.17) is 4.43 Å². The van der Waals surface area contributed by atoms with Crippen LogP contribution in [0.3, 0.4) is 0 Å². The SMILES string of the molecule is C[Si]1(C)CCCCNCCO1. The van der Waals surface area contributed by atoms with Crippen LogP contribution in [0.1, 0.15) is 12.8 Å². The van der Waals surface area contributed by atoms with Crippen LogP contribution in [0, 0.1) is 0 Å². The molecule has 0 aromatic carbocycles. The molecule has 1 aliphatic heterocycles. The molecule has 0 radical (unpaired) electrons. The Morgan fingerprint density at radius 3 is 2.82 bits per heavy atom. The predicted octanol–water partition coefficient (Wildman–Crippen LogP) is 1.59. The molecule has 0 aliphatic carbocycles. The van der Waals surface area contributed by atoms with Crippen LogP contribution in [-0.4, -0.2) is 28.0 Å². The highest BCUT2D eigenvalue weighted by Gasteiger charge is 2.21. The van der Waals surface area contributed by atoms with E-state index in [1.807, 2.05) is 0 Å². The first-order valence-corrected chi connectivity index (χ1v) is 7.67. The maximum absolute atomic E-state index is 5.83. The van der Waals surface area contributed by atoms with Gasteiger partial charge in [0.25, 0.3) is 0 Å². The predicted molar refractivity (Wildman–Crippen MR) is 50.3 cm³/mol. The molecule has 1 fully saturated rings. The number of rotatable bonds is 0. The highest BCUT2D eigenvalue weighted by Crippen LogP contribution is 2.15. The maximum Gasteiger partial charge on any atom is 0.186 e. The smallest absolute Gasteiger partial charge is 0.186 e. The molecule has 0 amide bonds. The molecule has 0 spiro atoms. The van der Waals surface area contributed by atoms with Gasteiger partial charge in [0.15, 0.2) is 8.32 Å². The molecule has 0 aromatic heterocycles.